The van der Waals surface area contributed by atoms with E-state index in [2.05, 4.69) is 15.0 Å². The van der Waals surface area contributed by atoms with Crippen molar-refractivity contribution >= 4 is 35.1 Å². The number of pyridine rings is 1. The molecule has 0 aromatic carbocycles. The van der Waals surface area contributed by atoms with E-state index < -0.39 is 17.9 Å². The molecule has 1 aromatic rings. The molecular formula is C12H14Cl2N2O3. The molecule has 1 atom stereocenters. The first-order valence-electron chi connectivity index (χ1n) is 5.56. The van der Waals surface area contributed by atoms with Gasteiger partial charge in [-0.1, -0.05) is 37.0 Å². The van der Waals surface area contributed by atoms with Gasteiger partial charge in [-0.2, -0.15) is 0 Å². The van der Waals surface area contributed by atoms with Crippen LogP contribution in [-0.2, 0) is 9.53 Å². The second-order valence-electron chi connectivity index (χ2n) is 4.21. The van der Waals surface area contributed by atoms with Gasteiger partial charge in [0.05, 0.1) is 17.7 Å². The second-order valence-corrected chi connectivity index (χ2v) is 4.98. The van der Waals surface area contributed by atoms with Crippen LogP contribution in [0.25, 0.3) is 0 Å². The van der Waals surface area contributed by atoms with Crippen LogP contribution in [0.4, 0.5) is 0 Å². The summed E-state index contributed by atoms with van der Waals surface area (Å²) in [5, 5.41) is 2.87. The summed E-state index contributed by atoms with van der Waals surface area (Å²) in [5.74, 6) is -1.07. The van der Waals surface area contributed by atoms with E-state index in [1.54, 1.807) is 13.8 Å². The van der Waals surface area contributed by atoms with Crippen LogP contribution in [0.1, 0.15) is 24.2 Å². The SMILES string of the molecule is COC(=O)[C@@H](NC(=O)c1cnc(Cl)c(Cl)c1)C(C)C. The van der Waals surface area contributed by atoms with Crippen molar-refractivity contribution in [3.05, 3.63) is 28.0 Å². The predicted molar refractivity (Wildman–Crippen MR) is 72.4 cm³/mol. The van der Waals surface area contributed by atoms with Gasteiger partial charge in [-0.05, 0) is 12.0 Å². The normalized spacial score (nSPS) is 12.1. The lowest BCUT2D eigenvalue weighted by atomic mass is 10.0. The molecule has 19 heavy (non-hydrogen) atoms. The van der Waals surface area contributed by atoms with Crippen molar-refractivity contribution in [1.82, 2.24) is 10.3 Å². The van der Waals surface area contributed by atoms with Crippen LogP contribution >= 0.6 is 23.2 Å². The Balaban J connectivity index is 2.87. The number of aromatic nitrogens is 1. The van der Waals surface area contributed by atoms with Gasteiger partial charge in [-0.25, -0.2) is 9.78 Å². The molecular weight excluding hydrogens is 291 g/mol. The Morgan fingerprint density at radius 2 is 2.00 bits per heavy atom. The highest BCUT2D eigenvalue weighted by Gasteiger charge is 2.25. The largest absolute Gasteiger partial charge is 0.467 e. The van der Waals surface area contributed by atoms with E-state index in [4.69, 9.17) is 23.2 Å². The zero-order valence-corrected chi connectivity index (χ0v) is 12.2. The zero-order valence-electron chi connectivity index (χ0n) is 10.7. The summed E-state index contributed by atoms with van der Waals surface area (Å²) in [4.78, 5) is 27.3. The van der Waals surface area contributed by atoms with Crippen LogP contribution < -0.4 is 5.32 Å². The minimum Gasteiger partial charge on any atom is -0.467 e. The lowest BCUT2D eigenvalue weighted by molar-refractivity contribution is -0.144. The minimum absolute atomic E-state index is 0.105. The molecule has 0 unspecified atom stereocenters. The highest BCUT2D eigenvalue weighted by atomic mass is 35.5. The van der Waals surface area contributed by atoms with Crippen molar-refractivity contribution in [2.75, 3.05) is 7.11 Å². The van der Waals surface area contributed by atoms with Gasteiger partial charge in [0.2, 0.25) is 0 Å². The number of carbonyl (C=O) groups is 2. The van der Waals surface area contributed by atoms with Crippen molar-refractivity contribution in [3.63, 3.8) is 0 Å². The summed E-state index contributed by atoms with van der Waals surface area (Å²) in [5.41, 5.74) is 0.226. The van der Waals surface area contributed by atoms with E-state index in [0.717, 1.165) is 0 Å². The molecule has 1 amide bonds. The molecule has 1 aromatic heterocycles. The third-order valence-electron chi connectivity index (χ3n) is 2.47. The minimum atomic E-state index is -0.730. The number of hydrogen-bond acceptors (Lipinski definition) is 4. The molecule has 0 aliphatic carbocycles. The van der Waals surface area contributed by atoms with Gasteiger partial charge >= 0.3 is 5.97 Å². The molecule has 104 valence electrons. The molecule has 0 bridgehead atoms. The monoisotopic (exact) mass is 304 g/mol. The van der Waals surface area contributed by atoms with Crippen molar-refractivity contribution in [2.45, 2.75) is 19.9 Å². The highest BCUT2D eigenvalue weighted by Crippen LogP contribution is 2.19. The van der Waals surface area contributed by atoms with Crippen LogP contribution in [0.2, 0.25) is 10.2 Å². The van der Waals surface area contributed by atoms with E-state index in [1.807, 2.05) is 0 Å². The quantitative estimate of drug-likeness (QED) is 0.684. The topological polar surface area (TPSA) is 68.3 Å². The Kier molecular flexibility index (Phi) is 5.57. The molecule has 0 aliphatic rings. The van der Waals surface area contributed by atoms with Crippen molar-refractivity contribution in [1.29, 1.82) is 0 Å². The van der Waals surface area contributed by atoms with E-state index in [1.165, 1.54) is 19.4 Å². The van der Waals surface area contributed by atoms with Crippen LogP contribution in [0, 0.1) is 5.92 Å². The van der Waals surface area contributed by atoms with Gasteiger partial charge < -0.3 is 10.1 Å². The maximum atomic E-state index is 12.0. The maximum Gasteiger partial charge on any atom is 0.328 e. The number of rotatable bonds is 4. The maximum absolute atomic E-state index is 12.0. The van der Waals surface area contributed by atoms with Crippen molar-refractivity contribution in [2.24, 2.45) is 5.92 Å². The molecule has 7 heteroatoms. The van der Waals surface area contributed by atoms with E-state index in [0.29, 0.717) is 0 Å². The summed E-state index contributed by atoms with van der Waals surface area (Å²) < 4.78 is 4.64. The first-order valence-corrected chi connectivity index (χ1v) is 6.32. The number of esters is 1. The van der Waals surface area contributed by atoms with Crippen LogP contribution in [0.15, 0.2) is 12.3 Å². The fourth-order valence-corrected chi connectivity index (χ4v) is 1.66. The number of methoxy groups -OCH3 is 1. The Labute approximate surface area is 121 Å². The van der Waals surface area contributed by atoms with Crippen molar-refractivity contribution in [3.8, 4) is 0 Å². The Bertz CT molecular complexity index is 492. The predicted octanol–water partition coefficient (Wildman–Crippen LogP) is 2.32. The summed E-state index contributed by atoms with van der Waals surface area (Å²) in [6.07, 6.45) is 1.29. The highest BCUT2D eigenvalue weighted by molar-refractivity contribution is 6.41. The molecule has 5 nitrogen and oxygen atoms in total. The van der Waals surface area contributed by atoms with E-state index in [-0.39, 0.29) is 21.7 Å². The van der Waals surface area contributed by atoms with Gasteiger partial charge in [0.25, 0.3) is 5.91 Å². The summed E-state index contributed by atoms with van der Waals surface area (Å²) in [7, 11) is 1.27. The first-order chi connectivity index (χ1) is 8.86. The fourth-order valence-electron chi connectivity index (χ4n) is 1.39. The summed E-state index contributed by atoms with van der Waals surface area (Å²) >= 11 is 11.4. The number of halogens is 2. The molecule has 0 spiro atoms. The second kappa shape index (κ2) is 6.73. The standard InChI is InChI=1S/C12H14Cl2N2O3/c1-6(2)9(12(18)19-3)16-11(17)7-4-8(13)10(14)15-5-7/h4-6,9H,1-3H3,(H,16,17)/t9-/m0/s1. The smallest absolute Gasteiger partial charge is 0.328 e. The summed E-state index contributed by atoms with van der Waals surface area (Å²) in [6, 6.07) is 0.660. The number of carbonyl (C=O) groups excluding carboxylic acids is 2. The molecule has 1 heterocycles. The van der Waals surface area contributed by atoms with Gasteiger partial charge in [0.15, 0.2) is 0 Å². The molecule has 0 saturated carbocycles. The Morgan fingerprint density at radius 1 is 1.37 bits per heavy atom. The van der Waals surface area contributed by atoms with E-state index in [9.17, 15) is 9.59 Å². The third-order valence-corrected chi connectivity index (χ3v) is 3.15. The van der Waals surface area contributed by atoms with Crippen LogP contribution in [0.3, 0.4) is 0 Å². The number of ether oxygens (including phenoxy) is 1. The number of hydrogen-bond donors (Lipinski definition) is 1. The molecule has 0 fully saturated rings. The Hall–Kier alpha value is -1.33. The number of amides is 1. The van der Waals surface area contributed by atoms with Gasteiger partial charge in [0.1, 0.15) is 11.2 Å². The van der Waals surface area contributed by atoms with Crippen molar-refractivity contribution < 1.29 is 14.3 Å². The number of nitrogens with one attached hydrogen (secondary N) is 1. The summed E-state index contributed by atoms with van der Waals surface area (Å²) in [6.45, 7) is 3.60. The first kappa shape index (κ1) is 15.7. The molecule has 1 rings (SSSR count). The third kappa shape index (κ3) is 4.08. The molecule has 0 saturated heterocycles. The van der Waals surface area contributed by atoms with Gasteiger partial charge in [-0.15, -0.1) is 0 Å². The lowest BCUT2D eigenvalue weighted by Crippen LogP contribution is -2.45. The number of nitrogens with zero attached hydrogens (tertiary/aromatic N) is 1. The van der Waals surface area contributed by atoms with Crippen LogP contribution in [-0.4, -0.2) is 30.0 Å². The molecule has 0 aliphatic heterocycles. The Morgan fingerprint density at radius 3 is 2.47 bits per heavy atom. The lowest BCUT2D eigenvalue weighted by Gasteiger charge is -2.19. The zero-order chi connectivity index (χ0) is 14.6. The van der Waals surface area contributed by atoms with E-state index >= 15 is 0 Å². The molecule has 0 radical (unpaired) electrons. The average Bonchev–Trinajstić information content (AvgIpc) is 2.37. The van der Waals surface area contributed by atoms with Gasteiger partial charge in [0, 0.05) is 6.20 Å². The van der Waals surface area contributed by atoms with Gasteiger partial charge in [-0.3, -0.25) is 4.79 Å². The van der Waals surface area contributed by atoms with Crippen LogP contribution in [0.5, 0.6) is 0 Å². The average molecular weight is 305 g/mol. The fraction of sp³-hybridized carbons (Fsp3) is 0.417. The molecule has 1 N–H and O–H groups in total.